The van der Waals surface area contributed by atoms with Crippen LogP contribution >= 0.6 is 0 Å². The summed E-state index contributed by atoms with van der Waals surface area (Å²) in [6.07, 6.45) is 4.08. The van der Waals surface area contributed by atoms with Crippen molar-refractivity contribution in [2.45, 2.75) is 13.3 Å². The van der Waals surface area contributed by atoms with E-state index in [0.717, 1.165) is 5.56 Å². The number of carbonyl (C=O) groups excluding carboxylic acids is 1. The number of rotatable bonds is 1. The van der Waals surface area contributed by atoms with E-state index < -0.39 is 0 Å². The van der Waals surface area contributed by atoms with Crippen molar-refractivity contribution in [3.8, 4) is 59.3 Å². The zero-order valence-corrected chi connectivity index (χ0v) is 11.4. The maximum absolute atomic E-state index is 10.5. The maximum Gasteiger partial charge on any atom is 0.228 e. The molecule has 1 N–H and O–H groups in total. The molecule has 0 aliphatic carbocycles. The Balaban J connectivity index is 2.37. The summed E-state index contributed by atoms with van der Waals surface area (Å²) in [4.78, 5) is 14.4. The molecular formula is C18H10N2O. The molecule has 0 radical (unpaired) electrons. The maximum atomic E-state index is 10.5. The molecule has 0 aromatic carbocycles. The predicted octanol–water partition coefficient (Wildman–Crippen LogP) is 0.735. The van der Waals surface area contributed by atoms with E-state index in [-0.39, 0.29) is 5.91 Å². The highest BCUT2D eigenvalue weighted by atomic mass is 16.1. The van der Waals surface area contributed by atoms with Gasteiger partial charge in [0.2, 0.25) is 5.91 Å². The molecule has 0 atom stereocenters. The minimum atomic E-state index is -0.230. The number of hydrogen-bond acceptors (Lipinski definition) is 2. The summed E-state index contributed by atoms with van der Waals surface area (Å²) in [7, 11) is 0. The molecule has 3 nitrogen and oxygen atoms in total. The molecule has 0 bridgehead atoms. The molecule has 0 saturated carbocycles. The molecule has 0 saturated heterocycles. The first-order valence-electron chi connectivity index (χ1n) is 5.92. The molecule has 0 fully saturated rings. The fraction of sp³-hybridized carbons (Fsp3) is 0.111. The lowest BCUT2D eigenvalue weighted by Crippen LogP contribution is -2.11. The monoisotopic (exact) mass is 270 g/mol. The lowest BCUT2D eigenvalue weighted by Gasteiger charge is -1.89. The predicted molar refractivity (Wildman–Crippen MR) is 80.6 cm³/mol. The van der Waals surface area contributed by atoms with E-state index in [9.17, 15) is 4.79 Å². The highest BCUT2D eigenvalue weighted by Gasteiger charge is 1.84. The van der Waals surface area contributed by atoms with E-state index in [1.54, 1.807) is 12.4 Å². The van der Waals surface area contributed by atoms with Gasteiger partial charge >= 0.3 is 0 Å². The Kier molecular flexibility index (Phi) is 7.63. The molecule has 0 unspecified atom stereocenters. The number of pyridine rings is 1. The molecule has 3 heteroatoms. The molecule has 0 aliphatic heterocycles. The molecule has 1 heterocycles. The Labute approximate surface area is 124 Å². The second-order valence-corrected chi connectivity index (χ2v) is 3.52. The first kappa shape index (κ1) is 15.5. The normalized spacial score (nSPS) is 6.71. The molecule has 1 aromatic heterocycles. The van der Waals surface area contributed by atoms with Gasteiger partial charge in [-0.15, -0.1) is 0 Å². The number of carbonyl (C=O) groups is 1. The van der Waals surface area contributed by atoms with Crippen LogP contribution in [0.5, 0.6) is 0 Å². The molecule has 1 rings (SSSR count). The van der Waals surface area contributed by atoms with Crippen molar-refractivity contribution in [3.05, 3.63) is 30.1 Å². The highest BCUT2D eigenvalue weighted by Crippen LogP contribution is 1.95. The van der Waals surface area contributed by atoms with Crippen molar-refractivity contribution in [2.75, 3.05) is 0 Å². The van der Waals surface area contributed by atoms with Crippen LogP contribution in [0.3, 0.4) is 0 Å². The van der Waals surface area contributed by atoms with Gasteiger partial charge in [0.05, 0.1) is 0 Å². The Hall–Kier alpha value is -3.58. The van der Waals surface area contributed by atoms with Crippen molar-refractivity contribution in [2.24, 2.45) is 0 Å². The van der Waals surface area contributed by atoms with Crippen molar-refractivity contribution >= 4 is 5.91 Å². The van der Waals surface area contributed by atoms with Crippen molar-refractivity contribution < 1.29 is 4.79 Å². The van der Waals surface area contributed by atoms with E-state index in [1.165, 1.54) is 6.92 Å². The fourth-order valence-electron chi connectivity index (χ4n) is 1.03. The van der Waals surface area contributed by atoms with E-state index in [1.807, 2.05) is 12.1 Å². The van der Waals surface area contributed by atoms with Gasteiger partial charge in [0.1, 0.15) is 0 Å². The van der Waals surface area contributed by atoms with E-state index in [0.29, 0.717) is 6.42 Å². The summed E-state index contributed by atoms with van der Waals surface area (Å²) in [5, 5.41) is 2.28. The van der Waals surface area contributed by atoms with Crippen molar-refractivity contribution in [1.82, 2.24) is 10.3 Å². The van der Waals surface area contributed by atoms with E-state index in [2.05, 4.69) is 69.6 Å². The Morgan fingerprint density at radius 3 is 2.19 bits per heavy atom. The third-order valence-corrected chi connectivity index (χ3v) is 1.87. The zero-order valence-electron chi connectivity index (χ0n) is 11.4. The average Bonchev–Trinajstić information content (AvgIpc) is 2.49. The fourth-order valence-corrected chi connectivity index (χ4v) is 1.03. The van der Waals surface area contributed by atoms with Crippen LogP contribution in [0, 0.1) is 59.3 Å². The van der Waals surface area contributed by atoms with Crippen LogP contribution < -0.4 is 5.32 Å². The molecular weight excluding hydrogens is 260 g/mol. The number of nitrogens with zero attached hydrogens (tertiary/aromatic N) is 1. The number of aromatic nitrogens is 1. The Morgan fingerprint density at radius 2 is 1.57 bits per heavy atom. The Bertz CT molecular complexity index is 796. The third kappa shape index (κ3) is 9.05. The first-order valence-corrected chi connectivity index (χ1v) is 5.92. The quantitative estimate of drug-likeness (QED) is 0.604. The lowest BCUT2D eigenvalue weighted by atomic mass is 10.2. The summed E-state index contributed by atoms with van der Waals surface area (Å²) in [5.41, 5.74) is 1.09. The van der Waals surface area contributed by atoms with Gasteiger partial charge in [-0.3, -0.25) is 15.1 Å². The van der Waals surface area contributed by atoms with E-state index >= 15 is 0 Å². The summed E-state index contributed by atoms with van der Waals surface area (Å²) >= 11 is 0. The molecule has 1 aromatic rings. The SMILES string of the molecule is CC(=O)NC#CC#CC#CC#CC#CCc1ccncc1. The topological polar surface area (TPSA) is 42.0 Å². The lowest BCUT2D eigenvalue weighted by molar-refractivity contribution is -0.117. The van der Waals surface area contributed by atoms with Crippen molar-refractivity contribution in [1.29, 1.82) is 0 Å². The zero-order chi connectivity index (χ0) is 15.2. The van der Waals surface area contributed by atoms with Crippen molar-refractivity contribution in [3.63, 3.8) is 0 Å². The van der Waals surface area contributed by atoms with Crippen LogP contribution in [0.4, 0.5) is 0 Å². The smallest absolute Gasteiger partial charge is 0.228 e. The van der Waals surface area contributed by atoms with Gasteiger partial charge in [-0.1, -0.05) is 5.92 Å². The third-order valence-electron chi connectivity index (χ3n) is 1.87. The van der Waals surface area contributed by atoms with Gasteiger partial charge < -0.3 is 0 Å². The number of hydrogen-bond donors (Lipinski definition) is 1. The molecule has 0 aliphatic rings. The van der Waals surface area contributed by atoms with Gasteiger partial charge in [-0.2, -0.15) is 0 Å². The summed E-state index contributed by atoms with van der Waals surface area (Å²) in [5.74, 6) is 23.0. The van der Waals surface area contributed by atoms with Crippen LogP contribution in [-0.4, -0.2) is 10.9 Å². The minimum Gasteiger partial charge on any atom is -0.285 e. The van der Waals surface area contributed by atoms with Crippen LogP contribution in [0.1, 0.15) is 12.5 Å². The van der Waals surface area contributed by atoms with Crippen LogP contribution in [0.15, 0.2) is 24.5 Å². The molecule has 1 amide bonds. The van der Waals surface area contributed by atoms with Gasteiger partial charge in [-0.05, 0) is 41.4 Å². The minimum absolute atomic E-state index is 0.230. The number of nitrogens with one attached hydrogen (secondary N) is 1. The summed E-state index contributed by atoms with van der Waals surface area (Å²) in [6, 6.07) is 6.17. The second kappa shape index (κ2) is 10.4. The Morgan fingerprint density at radius 1 is 1.00 bits per heavy atom. The molecule has 0 spiro atoms. The second-order valence-electron chi connectivity index (χ2n) is 3.52. The first-order chi connectivity index (χ1) is 10.3. The standard InChI is InChI=1S/C18H10N2O/c1-17(21)20-14-10-8-6-4-2-3-5-7-9-11-18-12-15-19-16-13-18/h12-13,15-16H,11H2,1H3,(H,20,21). The van der Waals surface area contributed by atoms with Crippen LogP contribution in [0.25, 0.3) is 0 Å². The molecule has 21 heavy (non-hydrogen) atoms. The van der Waals surface area contributed by atoms with Gasteiger partial charge in [0.25, 0.3) is 0 Å². The summed E-state index contributed by atoms with van der Waals surface area (Å²) in [6.45, 7) is 1.37. The van der Waals surface area contributed by atoms with E-state index in [4.69, 9.17) is 0 Å². The van der Waals surface area contributed by atoms with Gasteiger partial charge in [0, 0.05) is 55.5 Å². The largest absolute Gasteiger partial charge is 0.285 e. The number of amides is 1. The van der Waals surface area contributed by atoms with Gasteiger partial charge in [0.15, 0.2) is 0 Å². The molecule has 98 valence electrons. The van der Waals surface area contributed by atoms with Crippen LogP contribution in [0.2, 0.25) is 0 Å². The average molecular weight is 270 g/mol. The van der Waals surface area contributed by atoms with Gasteiger partial charge in [-0.25, -0.2) is 0 Å². The summed E-state index contributed by atoms with van der Waals surface area (Å²) < 4.78 is 0. The highest BCUT2D eigenvalue weighted by molar-refractivity contribution is 5.74. The van der Waals surface area contributed by atoms with Crippen LogP contribution in [-0.2, 0) is 11.2 Å².